The summed E-state index contributed by atoms with van der Waals surface area (Å²) >= 11 is 0. The number of nitrogens with zero attached hydrogens (tertiary/aromatic N) is 4. The lowest BCUT2D eigenvalue weighted by atomic mass is 9.60. The average Bonchev–Trinajstić information content (AvgIpc) is 2.83. The first-order valence-corrected chi connectivity index (χ1v) is 13.1. The number of ether oxygens (including phenoxy) is 1. The number of hydrogen-bond donors (Lipinski definition) is 0. The summed E-state index contributed by atoms with van der Waals surface area (Å²) in [5, 5.41) is 0. The molecule has 0 atom stereocenters. The fourth-order valence-electron chi connectivity index (χ4n) is 6.11. The molecule has 2 aromatic carbocycles. The highest BCUT2D eigenvalue weighted by molar-refractivity contribution is 5.44. The molecule has 2 aliphatic heterocycles. The van der Waals surface area contributed by atoms with Gasteiger partial charge in [0, 0.05) is 30.1 Å². The Morgan fingerprint density at radius 2 is 1.51 bits per heavy atom. The molecule has 0 amide bonds. The van der Waals surface area contributed by atoms with Gasteiger partial charge in [-0.15, -0.1) is 0 Å². The maximum atomic E-state index is 6.13. The summed E-state index contributed by atoms with van der Waals surface area (Å²) in [7, 11) is 2.22. The highest BCUT2D eigenvalue weighted by Crippen LogP contribution is 2.49. The molecule has 1 spiro atoms. The van der Waals surface area contributed by atoms with Gasteiger partial charge in [-0.05, 0) is 82.1 Å². The van der Waals surface area contributed by atoms with Gasteiger partial charge in [-0.1, -0.05) is 48.4 Å². The smallest absolute Gasteiger partial charge is 0.225 e. The Bertz CT molecular complexity index is 1150. The second kappa shape index (κ2) is 8.94. The van der Waals surface area contributed by atoms with Crippen molar-refractivity contribution in [2.45, 2.75) is 51.0 Å². The number of aryl methyl sites for hydroxylation is 1. The highest BCUT2D eigenvalue weighted by Gasteiger charge is 2.45. The Morgan fingerprint density at radius 1 is 0.857 bits per heavy atom. The van der Waals surface area contributed by atoms with Crippen LogP contribution in [-0.4, -0.2) is 48.1 Å². The van der Waals surface area contributed by atoms with Crippen molar-refractivity contribution in [2.24, 2.45) is 5.41 Å². The summed E-state index contributed by atoms with van der Waals surface area (Å²) in [6, 6.07) is 19.8. The normalized spacial score (nSPS) is 20.8. The van der Waals surface area contributed by atoms with Crippen LogP contribution in [0.3, 0.4) is 0 Å². The Labute approximate surface area is 209 Å². The molecule has 182 valence electrons. The van der Waals surface area contributed by atoms with E-state index in [4.69, 9.17) is 9.72 Å². The summed E-state index contributed by atoms with van der Waals surface area (Å²) in [6.07, 6.45) is 8.15. The molecule has 35 heavy (non-hydrogen) atoms. The molecule has 3 aromatic rings. The van der Waals surface area contributed by atoms with E-state index in [0.29, 0.717) is 12.0 Å². The van der Waals surface area contributed by atoms with Gasteiger partial charge in [0.15, 0.2) is 0 Å². The van der Waals surface area contributed by atoms with Crippen molar-refractivity contribution in [1.29, 1.82) is 0 Å². The van der Waals surface area contributed by atoms with E-state index >= 15 is 0 Å². The molecule has 3 heterocycles. The topological polar surface area (TPSA) is 41.5 Å². The van der Waals surface area contributed by atoms with Crippen LogP contribution in [0.5, 0.6) is 5.75 Å². The molecule has 1 saturated carbocycles. The third kappa shape index (κ3) is 4.31. The van der Waals surface area contributed by atoms with Crippen molar-refractivity contribution in [2.75, 3.05) is 38.1 Å². The van der Waals surface area contributed by atoms with Gasteiger partial charge in [-0.2, -0.15) is 0 Å². The van der Waals surface area contributed by atoms with E-state index in [1.54, 1.807) is 0 Å². The quantitative estimate of drug-likeness (QED) is 0.487. The highest BCUT2D eigenvalue weighted by atomic mass is 16.5. The fourth-order valence-corrected chi connectivity index (χ4v) is 6.11. The van der Waals surface area contributed by atoms with Crippen molar-refractivity contribution in [1.82, 2.24) is 14.9 Å². The van der Waals surface area contributed by atoms with E-state index in [2.05, 4.69) is 77.3 Å². The number of anilines is 1. The second-order valence-electron chi connectivity index (χ2n) is 11.1. The van der Waals surface area contributed by atoms with Crippen LogP contribution in [0.15, 0.2) is 60.8 Å². The Kier molecular flexibility index (Phi) is 5.76. The SMILES string of the molecule is Cc1ccc(C2(c3ccc(OCc4ccnc(N5CC6(CCN(C)CC6)C5)n4)cc3)CCC2)cc1. The lowest BCUT2D eigenvalue weighted by Gasteiger charge is -2.53. The van der Waals surface area contributed by atoms with Gasteiger partial charge < -0.3 is 14.5 Å². The van der Waals surface area contributed by atoms with E-state index in [-0.39, 0.29) is 5.41 Å². The Morgan fingerprint density at radius 3 is 2.14 bits per heavy atom. The predicted molar refractivity (Wildman–Crippen MR) is 140 cm³/mol. The zero-order chi connectivity index (χ0) is 23.9. The van der Waals surface area contributed by atoms with Crippen molar-refractivity contribution >= 4 is 5.95 Å². The molecular formula is C30H36N4O. The van der Waals surface area contributed by atoms with E-state index in [1.807, 2.05) is 12.3 Å². The number of hydrogen-bond acceptors (Lipinski definition) is 5. The standard InChI is InChI=1S/C30H36N4O/c1-23-4-6-24(7-5-23)30(13-3-14-30)25-8-10-27(11-9-25)35-20-26-12-17-31-28(32-26)34-21-29(22-34)15-18-33(2)19-16-29/h4-12,17H,3,13-16,18-22H2,1-2H3. The first-order chi connectivity index (χ1) is 17.0. The van der Waals surface area contributed by atoms with Crippen LogP contribution in [-0.2, 0) is 12.0 Å². The fraction of sp³-hybridized carbons (Fsp3) is 0.467. The van der Waals surface area contributed by atoms with Crippen LogP contribution in [0.4, 0.5) is 5.95 Å². The lowest BCUT2D eigenvalue weighted by molar-refractivity contribution is 0.0893. The van der Waals surface area contributed by atoms with Crippen LogP contribution >= 0.6 is 0 Å². The largest absolute Gasteiger partial charge is 0.487 e. The zero-order valence-electron chi connectivity index (χ0n) is 21.0. The average molecular weight is 469 g/mol. The monoisotopic (exact) mass is 468 g/mol. The van der Waals surface area contributed by atoms with Gasteiger partial charge in [-0.25, -0.2) is 9.97 Å². The van der Waals surface area contributed by atoms with E-state index < -0.39 is 0 Å². The van der Waals surface area contributed by atoms with Gasteiger partial charge in [-0.3, -0.25) is 0 Å². The maximum Gasteiger partial charge on any atom is 0.225 e. The van der Waals surface area contributed by atoms with Crippen molar-refractivity contribution in [3.05, 3.63) is 83.2 Å². The molecule has 2 saturated heterocycles. The first kappa shape index (κ1) is 22.5. The summed E-state index contributed by atoms with van der Waals surface area (Å²) < 4.78 is 6.13. The van der Waals surface area contributed by atoms with E-state index in [9.17, 15) is 0 Å². The molecule has 0 radical (unpaired) electrons. The molecule has 3 fully saturated rings. The molecule has 0 bridgehead atoms. The van der Waals surface area contributed by atoms with Gasteiger partial charge in [0.2, 0.25) is 5.95 Å². The Balaban J connectivity index is 1.08. The molecule has 3 aliphatic rings. The molecule has 0 N–H and O–H groups in total. The number of likely N-dealkylation sites (tertiary alicyclic amines) is 1. The third-order valence-electron chi connectivity index (χ3n) is 8.69. The molecule has 6 rings (SSSR count). The number of benzene rings is 2. The summed E-state index contributed by atoms with van der Waals surface area (Å²) in [5.74, 6) is 1.73. The maximum absolute atomic E-state index is 6.13. The Hall–Kier alpha value is -2.92. The molecule has 1 aromatic heterocycles. The number of aromatic nitrogens is 2. The van der Waals surface area contributed by atoms with Crippen LogP contribution in [0.1, 0.15) is 54.5 Å². The predicted octanol–water partition coefficient (Wildman–Crippen LogP) is 5.37. The van der Waals surface area contributed by atoms with Gasteiger partial charge in [0.25, 0.3) is 0 Å². The van der Waals surface area contributed by atoms with Gasteiger partial charge in [0.1, 0.15) is 12.4 Å². The summed E-state index contributed by atoms with van der Waals surface area (Å²) in [5.41, 5.74) is 5.71. The molecule has 0 unspecified atom stereocenters. The van der Waals surface area contributed by atoms with Crippen LogP contribution in [0.2, 0.25) is 0 Å². The van der Waals surface area contributed by atoms with Gasteiger partial charge in [0.05, 0.1) is 5.69 Å². The summed E-state index contributed by atoms with van der Waals surface area (Å²) in [4.78, 5) is 14.1. The van der Waals surface area contributed by atoms with Gasteiger partial charge >= 0.3 is 0 Å². The van der Waals surface area contributed by atoms with E-state index in [1.165, 1.54) is 61.9 Å². The van der Waals surface area contributed by atoms with Crippen LogP contribution < -0.4 is 9.64 Å². The third-order valence-corrected chi connectivity index (χ3v) is 8.69. The van der Waals surface area contributed by atoms with Crippen molar-refractivity contribution in [3.8, 4) is 5.75 Å². The van der Waals surface area contributed by atoms with Crippen LogP contribution in [0, 0.1) is 12.3 Å². The minimum Gasteiger partial charge on any atom is -0.487 e. The minimum atomic E-state index is 0.163. The minimum absolute atomic E-state index is 0.163. The van der Waals surface area contributed by atoms with E-state index in [0.717, 1.165) is 30.5 Å². The zero-order valence-corrected chi connectivity index (χ0v) is 21.0. The van der Waals surface area contributed by atoms with Crippen molar-refractivity contribution in [3.63, 3.8) is 0 Å². The second-order valence-corrected chi connectivity index (χ2v) is 11.1. The first-order valence-electron chi connectivity index (χ1n) is 13.1. The molecule has 5 heteroatoms. The molecule has 5 nitrogen and oxygen atoms in total. The van der Waals surface area contributed by atoms with Crippen LogP contribution in [0.25, 0.3) is 0 Å². The van der Waals surface area contributed by atoms with Crippen molar-refractivity contribution < 1.29 is 4.74 Å². The molecule has 1 aliphatic carbocycles. The number of rotatable bonds is 6. The number of piperidine rings is 1. The summed E-state index contributed by atoms with van der Waals surface area (Å²) in [6.45, 7) is 7.17. The lowest BCUT2D eigenvalue weighted by Crippen LogP contribution is -2.60. The molecular weight excluding hydrogens is 432 g/mol.